The standard InChI is InChI=1S/C25H31NO/c1-27-21-11-10-20-17-24-22-9-5-6-13-25(22,23(20)18-21)14-16-26(24)15-12-19-7-3-2-4-8-19/h2-4,7-8,10-11,18,22,24H,5-6,9,12-17H2,1H3/t22-,24-,25-/m0/s1. The quantitative estimate of drug-likeness (QED) is 0.760. The smallest absolute Gasteiger partial charge is 0.119 e. The molecule has 1 aliphatic heterocycles. The Hall–Kier alpha value is -1.80. The summed E-state index contributed by atoms with van der Waals surface area (Å²) in [4.78, 5) is 2.83. The van der Waals surface area contributed by atoms with Gasteiger partial charge in [0.1, 0.15) is 5.75 Å². The number of rotatable bonds is 4. The molecule has 2 aromatic carbocycles. The summed E-state index contributed by atoms with van der Waals surface area (Å²) in [7, 11) is 1.80. The van der Waals surface area contributed by atoms with E-state index in [4.69, 9.17) is 4.74 Å². The topological polar surface area (TPSA) is 12.5 Å². The molecule has 27 heavy (non-hydrogen) atoms. The Balaban J connectivity index is 1.45. The van der Waals surface area contributed by atoms with E-state index in [2.05, 4.69) is 53.4 Å². The van der Waals surface area contributed by atoms with Gasteiger partial charge in [-0.25, -0.2) is 0 Å². The zero-order valence-electron chi connectivity index (χ0n) is 16.5. The van der Waals surface area contributed by atoms with Gasteiger partial charge in [-0.1, -0.05) is 49.2 Å². The van der Waals surface area contributed by atoms with Gasteiger partial charge in [-0.15, -0.1) is 0 Å². The fourth-order valence-electron chi connectivity index (χ4n) is 6.39. The van der Waals surface area contributed by atoms with Gasteiger partial charge in [0.2, 0.25) is 0 Å². The van der Waals surface area contributed by atoms with Crippen molar-refractivity contribution in [3.05, 3.63) is 65.2 Å². The molecule has 2 heteroatoms. The Labute approximate surface area is 163 Å². The van der Waals surface area contributed by atoms with Crippen LogP contribution in [0.15, 0.2) is 48.5 Å². The van der Waals surface area contributed by atoms with Crippen LogP contribution >= 0.6 is 0 Å². The fraction of sp³-hybridized carbons (Fsp3) is 0.520. The largest absolute Gasteiger partial charge is 0.497 e. The predicted molar refractivity (Wildman–Crippen MR) is 110 cm³/mol. The van der Waals surface area contributed by atoms with Gasteiger partial charge in [0.05, 0.1) is 7.11 Å². The van der Waals surface area contributed by atoms with Crippen molar-refractivity contribution < 1.29 is 4.74 Å². The van der Waals surface area contributed by atoms with Gasteiger partial charge in [0, 0.05) is 18.0 Å². The van der Waals surface area contributed by atoms with E-state index in [1.54, 1.807) is 18.2 Å². The van der Waals surface area contributed by atoms with E-state index in [9.17, 15) is 0 Å². The van der Waals surface area contributed by atoms with Crippen LogP contribution in [-0.4, -0.2) is 31.1 Å². The first-order valence-electron chi connectivity index (χ1n) is 10.8. The van der Waals surface area contributed by atoms with Crippen LogP contribution in [0, 0.1) is 5.92 Å². The Morgan fingerprint density at radius 3 is 2.81 bits per heavy atom. The van der Waals surface area contributed by atoms with Crippen molar-refractivity contribution in [1.29, 1.82) is 0 Å². The van der Waals surface area contributed by atoms with Crippen LogP contribution in [0.3, 0.4) is 0 Å². The molecule has 3 atom stereocenters. The predicted octanol–water partition coefficient (Wildman–Crippen LogP) is 5.00. The molecule has 3 aliphatic rings. The molecule has 0 N–H and O–H groups in total. The van der Waals surface area contributed by atoms with Crippen LogP contribution in [0.1, 0.15) is 48.8 Å². The Bertz CT molecular complexity index is 801. The monoisotopic (exact) mass is 361 g/mol. The second kappa shape index (κ2) is 6.98. The molecule has 0 unspecified atom stereocenters. The molecule has 2 aliphatic carbocycles. The lowest BCUT2D eigenvalue weighted by molar-refractivity contribution is -0.0106. The van der Waals surface area contributed by atoms with Crippen molar-refractivity contribution in [3.8, 4) is 5.75 Å². The van der Waals surface area contributed by atoms with Crippen molar-refractivity contribution >= 4 is 0 Å². The molecule has 1 saturated heterocycles. The zero-order chi connectivity index (χ0) is 18.3. The van der Waals surface area contributed by atoms with Crippen molar-refractivity contribution in [2.24, 2.45) is 5.92 Å². The van der Waals surface area contributed by atoms with Crippen molar-refractivity contribution in [2.75, 3.05) is 20.2 Å². The molecule has 142 valence electrons. The number of piperidine rings is 1. The summed E-state index contributed by atoms with van der Waals surface area (Å²) >= 11 is 0. The lowest BCUT2D eigenvalue weighted by Gasteiger charge is -2.59. The van der Waals surface area contributed by atoms with Crippen molar-refractivity contribution in [3.63, 3.8) is 0 Å². The molecular weight excluding hydrogens is 330 g/mol. The van der Waals surface area contributed by atoms with Gasteiger partial charge in [0.15, 0.2) is 0 Å². The zero-order valence-corrected chi connectivity index (χ0v) is 16.5. The number of hydrogen-bond acceptors (Lipinski definition) is 2. The van der Waals surface area contributed by atoms with E-state index in [1.807, 2.05) is 0 Å². The second-order valence-electron chi connectivity index (χ2n) is 8.82. The van der Waals surface area contributed by atoms with Gasteiger partial charge in [0.25, 0.3) is 0 Å². The van der Waals surface area contributed by atoms with Gasteiger partial charge in [-0.3, -0.25) is 4.90 Å². The fourth-order valence-corrected chi connectivity index (χ4v) is 6.39. The third kappa shape index (κ3) is 2.89. The maximum atomic E-state index is 5.59. The average molecular weight is 362 g/mol. The van der Waals surface area contributed by atoms with Gasteiger partial charge >= 0.3 is 0 Å². The van der Waals surface area contributed by atoms with E-state index >= 15 is 0 Å². The maximum Gasteiger partial charge on any atom is 0.119 e. The second-order valence-corrected chi connectivity index (χ2v) is 8.82. The van der Waals surface area contributed by atoms with Crippen LogP contribution in [0.2, 0.25) is 0 Å². The van der Waals surface area contributed by atoms with Crippen LogP contribution in [0.5, 0.6) is 5.75 Å². The molecule has 0 radical (unpaired) electrons. The third-order valence-corrected chi connectivity index (χ3v) is 7.69. The third-order valence-electron chi connectivity index (χ3n) is 7.69. The van der Waals surface area contributed by atoms with Crippen LogP contribution in [0.4, 0.5) is 0 Å². The number of ether oxygens (including phenoxy) is 1. The van der Waals surface area contributed by atoms with E-state index in [-0.39, 0.29) is 0 Å². The molecular formula is C25H31NO. The molecule has 1 saturated carbocycles. The first-order valence-corrected chi connectivity index (χ1v) is 10.8. The van der Waals surface area contributed by atoms with Crippen molar-refractivity contribution in [1.82, 2.24) is 4.90 Å². The lowest BCUT2D eigenvalue weighted by Crippen LogP contribution is -2.61. The first kappa shape index (κ1) is 17.3. The first-order chi connectivity index (χ1) is 13.3. The number of nitrogens with zero attached hydrogens (tertiary/aromatic N) is 1. The summed E-state index contributed by atoms with van der Waals surface area (Å²) in [5, 5.41) is 0. The highest BCUT2D eigenvalue weighted by molar-refractivity contribution is 5.45. The summed E-state index contributed by atoms with van der Waals surface area (Å²) in [6.45, 7) is 2.46. The Kier molecular flexibility index (Phi) is 4.47. The molecule has 1 heterocycles. The van der Waals surface area contributed by atoms with Gasteiger partial charge in [-0.2, -0.15) is 0 Å². The number of likely N-dealkylation sites (tertiary alicyclic amines) is 1. The minimum absolute atomic E-state index is 0.411. The maximum absolute atomic E-state index is 5.59. The number of benzene rings is 2. The minimum Gasteiger partial charge on any atom is -0.497 e. The Morgan fingerprint density at radius 2 is 1.96 bits per heavy atom. The molecule has 2 nitrogen and oxygen atoms in total. The lowest BCUT2D eigenvalue weighted by atomic mass is 9.52. The van der Waals surface area contributed by atoms with Gasteiger partial charge in [-0.05, 0) is 73.4 Å². The normalized spacial score (nSPS) is 29.7. The molecule has 2 aromatic rings. The van der Waals surface area contributed by atoms with E-state index in [0.29, 0.717) is 5.41 Å². The van der Waals surface area contributed by atoms with Gasteiger partial charge < -0.3 is 4.74 Å². The van der Waals surface area contributed by atoms with E-state index in [1.165, 1.54) is 63.6 Å². The number of methoxy groups -OCH3 is 1. The molecule has 0 amide bonds. The minimum atomic E-state index is 0.411. The summed E-state index contributed by atoms with van der Waals surface area (Å²) in [6, 6.07) is 18.6. The van der Waals surface area contributed by atoms with Crippen LogP contribution in [-0.2, 0) is 18.3 Å². The highest BCUT2D eigenvalue weighted by Crippen LogP contribution is 2.56. The summed E-state index contributed by atoms with van der Waals surface area (Å²) in [6.07, 6.45) is 9.30. The summed E-state index contributed by atoms with van der Waals surface area (Å²) < 4.78 is 5.59. The molecule has 5 rings (SSSR count). The number of fused-ring (bicyclic) bond motifs is 1. The van der Waals surface area contributed by atoms with Crippen molar-refractivity contribution in [2.45, 2.75) is 56.4 Å². The van der Waals surface area contributed by atoms with Crippen LogP contribution < -0.4 is 4.74 Å². The highest BCUT2D eigenvalue weighted by Gasteiger charge is 2.53. The average Bonchev–Trinajstić information content (AvgIpc) is 2.73. The van der Waals surface area contributed by atoms with E-state index < -0.39 is 0 Å². The molecule has 0 aromatic heterocycles. The summed E-state index contributed by atoms with van der Waals surface area (Å²) in [5.41, 5.74) is 5.10. The highest BCUT2D eigenvalue weighted by atomic mass is 16.5. The molecule has 0 spiro atoms. The Morgan fingerprint density at radius 1 is 1.07 bits per heavy atom. The SMILES string of the molecule is COc1ccc2c(c1)[C@]13CCCC[C@H]1[C@H](C2)N(CCc1ccccc1)CC3. The van der Waals surface area contributed by atoms with Crippen LogP contribution in [0.25, 0.3) is 0 Å². The molecule has 2 bridgehead atoms. The van der Waals surface area contributed by atoms with E-state index in [0.717, 1.165) is 17.7 Å². The summed E-state index contributed by atoms with van der Waals surface area (Å²) in [5.74, 6) is 1.87. The number of hydrogen-bond donors (Lipinski definition) is 0. The molecule has 2 fully saturated rings.